The first-order valence-electron chi connectivity index (χ1n) is 6.29. The molecule has 1 heterocycles. The van der Waals surface area contributed by atoms with E-state index in [9.17, 15) is 0 Å². The molecule has 3 fully saturated rings. The van der Waals surface area contributed by atoms with E-state index in [2.05, 4.69) is 5.32 Å². The van der Waals surface area contributed by atoms with E-state index in [4.69, 9.17) is 5.73 Å². The van der Waals surface area contributed by atoms with Crippen LogP contribution in [0.3, 0.4) is 0 Å². The van der Waals surface area contributed by atoms with Crippen LogP contribution >= 0.6 is 0 Å². The minimum atomic E-state index is 0.533. The lowest BCUT2D eigenvalue weighted by Gasteiger charge is -2.25. The van der Waals surface area contributed by atoms with Gasteiger partial charge in [-0.2, -0.15) is 0 Å². The number of piperidine rings is 1. The second-order valence-electron chi connectivity index (χ2n) is 5.70. The first kappa shape index (κ1) is 9.17. The van der Waals surface area contributed by atoms with Gasteiger partial charge in [0.25, 0.3) is 0 Å². The molecule has 3 N–H and O–H groups in total. The van der Waals surface area contributed by atoms with Crippen molar-refractivity contribution in [2.24, 2.45) is 23.0 Å². The summed E-state index contributed by atoms with van der Waals surface area (Å²) < 4.78 is 0. The quantitative estimate of drug-likeness (QED) is 0.699. The summed E-state index contributed by atoms with van der Waals surface area (Å²) in [6.45, 7) is 2.39. The average molecular weight is 194 g/mol. The Labute approximate surface area is 86.6 Å². The first-order valence-corrected chi connectivity index (χ1v) is 6.29. The Balaban J connectivity index is 1.61. The van der Waals surface area contributed by atoms with E-state index >= 15 is 0 Å². The highest BCUT2D eigenvalue weighted by atomic mass is 15.1. The van der Waals surface area contributed by atoms with Crippen LogP contribution in [0.25, 0.3) is 0 Å². The van der Waals surface area contributed by atoms with Crippen molar-refractivity contribution in [3.05, 3.63) is 0 Å². The summed E-state index contributed by atoms with van der Waals surface area (Å²) in [5.41, 5.74) is 6.73. The summed E-state index contributed by atoms with van der Waals surface area (Å²) in [7, 11) is 0. The van der Waals surface area contributed by atoms with Crippen LogP contribution in [0.1, 0.15) is 38.5 Å². The zero-order chi connectivity index (χ0) is 9.60. The number of hydrogen-bond acceptors (Lipinski definition) is 2. The molecule has 0 aromatic heterocycles. The Kier molecular flexibility index (Phi) is 2.10. The van der Waals surface area contributed by atoms with Gasteiger partial charge in [0.05, 0.1) is 0 Å². The molecule has 1 aliphatic heterocycles. The normalized spacial score (nSPS) is 47.8. The molecule has 3 unspecified atom stereocenters. The van der Waals surface area contributed by atoms with Gasteiger partial charge in [-0.25, -0.2) is 0 Å². The Morgan fingerprint density at radius 2 is 2.00 bits per heavy atom. The maximum absolute atomic E-state index is 6.18. The fourth-order valence-electron chi connectivity index (χ4n) is 3.94. The molecule has 0 bridgehead atoms. The molecule has 0 spiro atoms. The molecule has 2 aliphatic carbocycles. The average Bonchev–Trinajstić information content (AvgIpc) is 2.63. The summed E-state index contributed by atoms with van der Waals surface area (Å²) in [5, 5.41) is 3.50. The van der Waals surface area contributed by atoms with Crippen molar-refractivity contribution in [1.82, 2.24) is 5.32 Å². The maximum atomic E-state index is 6.18. The predicted octanol–water partition coefficient (Wildman–Crippen LogP) is 1.50. The van der Waals surface area contributed by atoms with Gasteiger partial charge in [-0.15, -0.1) is 0 Å². The van der Waals surface area contributed by atoms with E-state index in [0.717, 1.165) is 11.8 Å². The molecule has 14 heavy (non-hydrogen) atoms. The van der Waals surface area contributed by atoms with Crippen LogP contribution in [-0.2, 0) is 0 Å². The van der Waals surface area contributed by atoms with Crippen molar-refractivity contribution < 1.29 is 0 Å². The zero-order valence-corrected chi connectivity index (χ0v) is 8.97. The topological polar surface area (TPSA) is 38.0 Å². The largest absolute Gasteiger partial charge is 0.327 e. The maximum Gasteiger partial charge on any atom is 0.0159 e. The number of nitrogens with one attached hydrogen (secondary N) is 1. The smallest absolute Gasteiger partial charge is 0.0159 e. The first-order chi connectivity index (χ1) is 6.83. The molecule has 3 rings (SSSR count). The van der Waals surface area contributed by atoms with Crippen LogP contribution in [0.4, 0.5) is 0 Å². The number of rotatable bonds is 2. The molecule has 1 saturated heterocycles. The Morgan fingerprint density at radius 1 is 1.21 bits per heavy atom. The lowest BCUT2D eigenvalue weighted by molar-refractivity contribution is 0.272. The van der Waals surface area contributed by atoms with Gasteiger partial charge >= 0.3 is 0 Å². The predicted molar refractivity (Wildman–Crippen MR) is 58.0 cm³/mol. The van der Waals surface area contributed by atoms with E-state index < -0.39 is 0 Å². The minimum absolute atomic E-state index is 0.533. The van der Waals surface area contributed by atoms with Crippen molar-refractivity contribution in [2.75, 3.05) is 13.1 Å². The molecule has 0 radical (unpaired) electrons. The molecule has 3 atom stereocenters. The third kappa shape index (κ3) is 1.24. The summed E-state index contributed by atoms with van der Waals surface area (Å²) >= 11 is 0. The molecule has 0 aromatic rings. The van der Waals surface area contributed by atoms with Crippen LogP contribution in [0, 0.1) is 17.3 Å². The van der Waals surface area contributed by atoms with E-state index in [1.165, 1.54) is 51.6 Å². The molecule has 2 nitrogen and oxygen atoms in total. The number of fused-ring (bicyclic) bond motifs is 1. The van der Waals surface area contributed by atoms with E-state index in [1.54, 1.807) is 0 Å². The molecular formula is C12H22N2. The van der Waals surface area contributed by atoms with Crippen molar-refractivity contribution >= 4 is 0 Å². The molecule has 2 heteroatoms. The summed E-state index contributed by atoms with van der Waals surface area (Å²) in [5.74, 6) is 1.82. The number of hydrogen-bond donors (Lipinski definition) is 2. The van der Waals surface area contributed by atoms with Crippen molar-refractivity contribution in [1.29, 1.82) is 0 Å². The number of nitrogens with two attached hydrogens (primary N) is 1. The van der Waals surface area contributed by atoms with Crippen molar-refractivity contribution in [2.45, 2.75) is 44.6 Å². The van der Waals surface area contributed by atoms with Crippen molar-refractivity contribution in [3.63, 3.8) is 0 Å². The van der Waals surface area contributed by atoms with Gasteiger partial charge in [-0.3, -0.25) is 0 Å². The molecule has 3 aliphatic rings. The highest BCUT2D eigenvalue weighted by Gasteiger charge is 2.64. The van der Waals surface area contributed by atoms with Gasteiger partial charge in [0, 0.05) is 24.5 Å². The third-order valence-electron chi connectivity index (χ3n) is 4.94. The monoisotopic (exact) mass is 194 g/mol. The van der Waals surface area contributed by atoms with Gasteiger partial charge in [0.2, 0.25) is 0 Å². The van der Waals surface area contributed by atoms with E-state index in [1.807, 2.05) is 0 Å². The standard InChI is InChI=1S/C12H22N2/c13-11-10-7-14-8-12(10,11)6-9-4-2-1-3-5-9/h9-11,14H,1-8,13H2. The van der Waals surface area contributed by atoms with Crippen LogP contribution in [0.5, 0.6) is 0 Å². The van der Waals surface area contributed by atoms with Gasteiger partial charge in [0.1, 0.15) is 0 Å². The van der Waals surface area contributed by atoms with Gasteiger partial charge in [-0.05, 0) is 18.3 Å². The Morgan fingerprint density at radius 3 is 2.64 bits per heavy atom. The second-order valence-corrected chi connectivity index (χ2v) is 5.70. The lowest BCUT2D eigenvalue weighted by atomic mass is 9.81. The summed E-state index contributed by atoms with van der Waals surface area (Å²) in [6.07, 6.45) is 8.77. The van der Waals surface area contributed by atoms with Gasteiger partial charge in [0.15, 0.2) is 0 Å². The fourth-order valence-corrected chi connectivity index (χ4v) is 3.94. The van der Waals surface area contributed by atoms with E-state index in [0.29, 0.717) is 11.5 Å². The molecular weight excluding hydrogens is 172 g/mol. The Bertz CT molecular complexity index is 222. The van der Waals surface area contributed by atoms with Crippen LogP contribution in [0.15, 0.2) is 0 Å². The summed E-state index contributed by atoms with van der Waals surface area (Å²) in [4.78, 5) is 0. The minimum Gasteiger partial charge on any atom is -0.327 e. The van der Waals surface area contributed by atoms with Crippen LogP contribution in [-0.4, -0.2) is 19.1 Å². The highest BCUT2D eigenvalue weighted by molar-refractivity contribution is 5.20. The zero-order valence-electron chi connectivity index (χ0n) is 8.97. The highest BCUT2D eigenvalue weighted by Crippen LogP contribution is 2.58. The SMILES string of the molecule is NC1C2CNCC12CC1CCCCC1. The van der Waals surface area contributed by atoms with E-state index in [-0.39, 0.29) is 0 Å². The Hall–Kier alpha value is -0.0800. The van der Waals surface area contributed by atoms with Gasteiger partial charge < -0.3 is 11.1 Å². The molecule has 0 amide bonds. The second kappa shape index (κ2) is 3.21. The fraction of sp³-hybridized carbons (Fsp3) is 1.00. The molecule has 80 valence electrons. The lowest BCUT2D eigenvalue weighted by Crippen LogP contribution is -2.29. The van der Waals surface area contributed by atoms with Crippen LogP contribution in [0.2, 0.25) is 0 Å². The van der Waals surface area contributed by atoms with Crippen LogP contribution < -0.4 is 11.1 Å². The third-order valence-corrected chi connectivity index (χ3v) is 4.94. The molecule has 2 saturated carbocycles. The molecule has 0 aromatic carbocycles. The van der Waals surface area contributed by atoms with Crippen molar-refractivity contribution in [3.8, 4) is 0 Å². The summed E-state index contributed by atoms with van der Waals surface area (Å²) in [6, 6.07) is 0.533. The van der Waals surface area contributed by atoms with Gasteiger partial charge in [-0.1, -0.05) is 32.1 Å².